The van der Waals surface area contributed by atoms with Gasteiger partial charge in [-0.05, 0) is 100 Å². The zero-order valence-corrected chi connectivity index (χ0v) is 24.5. The Morgan fingerprint density at radius 2 is 1.70 bits per heavy atom. The molecule has 7 rings (SSSR count). The fourth-order valence-electron chi connectivity index (χ4n) is 8.30. The number of carbonyl (C=O) groups is 3. The van der Waals surface area contributed by atoms with E-state index in [0.717, 1.165) is 37.5 Å². The van der Waals surface area contributed by atoms with Gasteiger partial charge in [-0.1, -0.05) is 19.3 Å². The maximum atomic E-state index is 13.7. The number of hydrogen-bond acceptors (Lipinski definition) is 7. The minimum Gasteiger partial charge on any atom is -0.480 e. The van der Waals surface area contributed by atoms with Crippen LogP contribution in [-0.2, 0) is 9.59 Å². The molecule has 1 aromatic heterocycles. The molecule has 1 aliphatic heterocycles. The van der Waals surface area contributed by atoms with E-state index >= 15 is 0 Å². The number of carboxylic acids is 1. The number of nitrogens with zero attached hydrogens (tertiary/aromatic N) is 2. The van der Waals surface area contributed by atoms with Gasteiger partial charge in [0.1, 0.15) is 17.5 Å². The van der Waals surface area contributed by atoms with Gasteiger partial charge < -0.3 is 24.6 Å². The number of carbonyl (C=O) groups excluding carboxylic acids is 2. The summed E-state index contributed by atoms with van der Waals surface area (Å²) >= 11 is 1.62. The van der Waals surface area contributed by atoms with Crippen LogP contribution >= 0.6 is 11.8 Å². The fraction of sp³-hybridized carbons (Fsp3) is 0.800. The van der Waals surface area contributed by atoms with E-state index < -0.39 is 17.4 Å². The number of hydrogen-bond donors (Lipinski definition) is 2. The highest BCUT2D eigenvalue weighted by molar-refractivity contribution is 8.00. The Kier molecular flexibility index (Phi) is 7.83. The number of carboxylic acid groups (broad SMARTS) is 1. The number of aliphatic carboxylic acids is 1. The molecule has 220 valence electrons. The molecular weight excluding hydrogens is 530 g/mol. The molecule has 2 N–H and O–H groups in total. The smallest absolute Gasteiger partial charge is 0.326 e. The van der Waals surface area contributed by atoms with Crippen LogP contribution in [0.3, 0.4) is 0 Å². The minimum atomic E-state index is -0.972. The standard InChI is InChI=1S/C30H43N3O6S/c1-30(2,29(37)33-10-6-9-22(33)28(35)36)16-38-27-25(40-21-7-4-3-5-8-21)24(39-32-27)26(34)31-23-19-12-17-11-18(14-19)15-20(23)13-17/h17-23H,3-16H2,1-2H3,(H,31,34)(H,35,36)/t17?,18?,19?,20?,22-,23?/m1/s1. The molecule has 6 aliphatic rings. The first-order valence-corrected chi connectivity index (χ1v) is 16.2. The Balaban J connectivity index is 1.17. The van der Waals surface area contributed by atoms with Crippen LogP contribution in [0, 0.1) is 29.1 Å². The summed E-state index contributed by atoms with van der Waals surface area (Å²) in [5.74, 6) is 1.81. The van der Waals surface area contributed by atoms with Gasteiger partial charge in [0.2, 0.25) is 11.7 Å². The summed E-state index contributed by atoms with van der Waals surface area (Å²) in [5.41, 5.74) is -0.966. The van der Waals surface area contributed by atoms with Crippen LogP contribution in [0.4, 0.5) is 0 Å². The highest BCUT2D eigenvalue weighted by atomic mass is 32.2. The number of amides is 2. The van der Waals surface area contributed by atoms with Crippen molar-refractivity contribution in [2.24, 2.45) is 29.1 Å². The molecule has 10 heteroatoms. The van der Waals surface area contributed by atoms with Crippen LogP contribution in [-0.4, -0.2) is 63.4 Å². The van der Waals surface area contributed by atoms with Gasteiger partial charge in [-0.2, -0.15) is 0 Å². The largest absolute Gasteiger partial charge is 0.480 e. The van der Waals surface area contributed by atoms with Crippen molar-refractivity contribution in [3.63, 3.8) is 0 Å². The van der Waals surface area contributed by atoms with Crippen LogP contribution in [0.25, 0.3) is 0 Å². The SMILES string of the molecule is CC(C)(COc1noc(C(=O)NC2C3CC4CC(C3)CC2C4)c1SC1CCCCC1)C(=O)N1CCC[C@@H]1C(=O)O. The molecule has 1 aromatic rings. The third-order valence-electron chi connectivity index (χ3n) is 10.1. The molecule has 1 atom stereocenters. The zero-order valence-electron chi connectivity index (χ0n) is 23.7. The molecule has 5 saturated carbocycles. The number of likely N-dealkylation sites (tertiary alicyclic amines) is 1. The second-order valence-corrected chi connectivity index (χ2v) is 14.9. The summed E-state index contributed by atoms with van der Waals surface area (Å²) in [6.45, 7) is 3.97. The Hall–Kier alpha value is -2.23. The van der Waals surface area contributed by atoms with Crippen molar-refractivity contribution < 1.29 is 28.8 Å². The second-order valence-electron chi connectivity index (χ2n) is 13.6. The summed E-state index contributed by atoms with van der Waals surface area (Å²) in [7, 11) is 0. The molecule has 6 fully saturated rings. The molecule has 0 unspecified atom stereocenters. The maximum Gasteiger partial charge on any atom is 0.326 e. The van der Waals surface area contributed by atoms with E-state index in [1.807, 2.05) is 0 Å². The molecule has 5 aliphatic carbocycles. The Labute approximate surface area is 240 Å². The number of aromatic nitrogens is 1. The van der Waals surface area contributed by atoms with Crippen molar-refractivity contribution >= 4 is 29.5 Å². The predicted octanol–water partition coefficient (Wildman–Crippen LogP) is 5.13. The lowest BCUT2D eigenvalue weighted by Gasteiger charge is -2.54. The molecule has 2 amide bonds. The van der Waals surface area contributed by atoms with Gasteiger partial charge in [0, 0.05) is 17.8 Å². The highest BCUT2D eigenvalue weighted by Crippen LogP contribution is 2.54. The summed E-state index contributed by atoms with van der Waals surface area (Å²) in [5, 5.41) is 17.5. The van der Waals surface area contributed by atoms with E-state index in [0.29, 0.717) is 41.4 Å². The van der Waals surface area contributed by atoms with Crippen LogP contribution in [0.15, 0.2) is 9.42 Å². The third kappa shape index (κ3) is 5.49. The minimum absolute atomic E-state index is 0.00996. The first-order chi connectivity index (χ1) is 19.2. The van der Waals surface area contributed by atoms with Gasteiger partial charge in [0.15, 0.2) is 0 Å². The van der Waals surface area contributed by atoms with Crippen molar-refractivity contribution in [2.75, 3.05) is 13.2 Å². The molecule has 0 spiro atoms. The van der Waals surface area contributed by atoms with Crippen molar-refractivity contribution in [3.05, 3.63) is 5.76 Å². The van der Waals surface area contributed by atoms with Crippen LogP contribution in [0.1, 0.15) is 101 Å². The van der Waals surface area contributed by atoms with Crippen LogP contribution in [0.5, 0.6) is 5.88 Å². The average Bonchev–Trinajstić information content (AvgIpc) is 3.57. The maximum absolute atomic E-state index is 13.7. The van der Waals surface area contributed by atoms with Crippen molar-refractivity contribution in [1.82, 2.24) is 15.4 Å². The van der Waals surface area contributed by atoms with E-state index in [1.165, 1.54) is 43.4 Å². The Morgan fingerprint density at radius 3 is 2.35 bits per heavy atom. The summed E-state index contributed by atoms with van der Waals surface area (Å²) in [6, 6.07) is -0.599. The summed E-state index contributed by atoms with van der Waals surface area (Å²) < 4.78 is 11.8. The number of ether oxygens (including phenoxy) is 1. The summed E-state index contributed by atoms with van der Waals surface area (Å²) in [4.78, 5) is 40.7. The molecule has 0 aromatic carbocycles. The zero-order chi connectivity index (χ0) is 28.0. The van der Waals surface area contributed by atoms with Crippen LogP contribution in [0.2, 0.25) is 0 Å². The number of rotatable bonds is 9. The lowest BCUT2D eigenvalue weighted by Crippen LogP contribution is -2.55. The van der Waals surface area contributed by atoms with E-state index in [2.05, 4.69) is 10.5 Å². The predicted molar refractivity (Wildman–Crippen MR) is 149 cm³/mol. The average molecular weight is 574 g/mol. The monoisotopic (exact) mass is 573 g/mol. The fourth-order valence-corrected chi connectivity index (χ4v) is 9.64. The van der Waals surface area contributed by atoms with Gasteiger partial charge >= 0.3 is 5.97 Å². The molecule has 9 nitrogen and oxygen atoms in total. The van der Waals surface area contributed by atoms with Gasteiger partial charge in [0.25, 0.3) is 11.8 Å². The molecule has 2 heterocycles. The highest BCUT2D eigenvalue weighted by Gasteiger charge is 2.49. The molecule has 1 saturated heterocycles. The lowest BCUT2D eigenvalue weighted by molar-refractivity contribution is -0.153. The van der Waals surface area contributed by atoms with Gasteiger partial charge in [0.05, 0.1) is 5.41 Å². The first-order valence-electron chi connectivity index (χ1n) is 15.3. The van der Waals surface area contributed by atoms with Crippen molar-refractivity contribution in [3.8, 4) is 5.88 Å². The second kappa shape index (κ2) is 11.2. The Morgan fingerprint density at radius 1 is 1.02 bits per heavy atom. The van der Waals surface area contributed by atoms with Gasteiger partial charge in [-0.15, -0.1) is 11.8 Å². The topological polar surface area (TPSA) is 122 Å². The third-order valence-corrected chi connectivity index (χ3v) is 11.5. The van der Waals surface area contributed by atoms with Gasteiger partial charge in [-0.3, -0.25) is 9.59 Å². The molecule has 40 heavy (non-hydrogen) atoms. The van der Waals surface area contributed by atoms with Gasteiger partial charge in [-0.25, -0.2) is 4.79 Å². The normalized spacial score (nSPS) is 31.9. The Bertz CT molecular complexity index is 1100. The summed E-state index contributed by atoms with van der Waals surface area (Å²) in [6.07, 6.45) is 13.1. The van der Waals surface area contributed by atoms with E-state index in [4.69, 9.17) is 9.26 Å². The van der Waals surface area contributed by atoms with Crippen LogP contribution < -0.4 is 10.1 Å². The van der Waals surface area contributed by atoms with E-state index in [9.17, 15) is 19.5 Å². The van der Waals surface area contributed by atoms with Crippen molar-refractivity contribution in [2.45, 2.75) is 113 Å². The number of nitrogens with one attached hydrogen (secondary N) is 1. The number of thioether (sulfide) groups is 1. The van der Waals surface area contributed by atoms with E-state index in [-0.39, 0.29) is 36.1 Å². The van der Waals surface area contributed by atoms with Crippen molar-refractivity contribution in [1.29, 1.82) is 0 Å². The first kappa shape index (κ1) is 27.9. The molecular formula is C30H43N3O6S. The molecule has 4 bridgehead atoms. The molecule has 0 radical (unpaired) electrons. The lowest BCUT2D eigenvalue weighted by atomic mass is 9.54. The quantitative estimate of drug-likeness (QED) is 0.417. The van der Waals surface area contributed by atoms with E-state index in [1.54, 1.807) is 25.6 Å².